The fourth-order valence-electron chi connectivity index (χ4n) is 0.672. The Morgan fingerprint density at radius 1 is 1.75 bits per heavy atom. The molecule has 0 amide bonds. The van der Waals surface area contributed by atoms with Crippen LogP contribution in [-0.4, -0.2) is 12.1 Å². The molecule has 0 aliphatic rings. The predicted molar refractivity (Wildman–Crippen MR) is 40.5 cm³/mol. The van der Waals surface area contributed by atoms with Gasteiger partial charge in [-0.1, -0.05) is 11.6 Å². The molecule has 12 heavy (non-hydrogen) atoms. The van der Waals surface area contributed by atoms with E-state index in [2.05, 4.69) is 9.72 Å². The molecule has 0 fully saturated rings. The maximum Gasteiger partial charge on any atom is 0.251 e. The number of ether oxygens (including phenoxy) is 1. The summed E-state index contributed by atoms with van der Waals surface area (Å²) < 4.78 is 17.4. The first-order valence-electron chi connectivity index (χ1n) is 2.99. The Balaban J connectivity index is 3.28. The molecule has 1 aromatic heterocycles. The highest BCUT2D eigenvalue weighted by Crippen LogP contribution is 2.20. The monoisotopic (exact) mass is 186 g/mol. The molecule has 1 rings (SSSR count). The van der Waals surface area contributed by atoms with Crippen LogP contribution in [0.3, 0.4) is 0 Å². The highest BCUT2D eigenvalue weighted by Gasteiger charge is 2.09. The molecular formula is C7H4ClFN2O. The number of methoxy groups -OCH3 is 1. The van der Waals surface area contributed by atoms with Crippen molar-refractivity contribution in [2.45, 2.75) is 0 Å². The smallest absolute Gasteiger partial charge is 0.251 e. The van der Waals surface area contributed by atoms with Crippen molar-refractivity contribution in [3.63, 3.8) is 0 Å². The molecule has 62 valence electrons. The van der Waals surface area contributed by atoms with Crippen LogP contribution in [0.1, 0.15) is 5.56 Å². The van der Waals surface area contributed by atoms with Gasteiger partial charge >= 0.3 is 0 Å². The van der Waals surface area contributed by atoms with Gasteiger partial charge in [-0.2, -0.15) is 10.2 Å². The second kappa shape index (κ2) is 3.37. The van der Waals surface area contributed by atoms with Crippen LogP contribution < -0.4 is 4.74 Å². The molecule has 0 radical (unpaired) electrons. The number of hydrogen-bond acceptors (Lipinski definition) is 3. The Labute approximate surface area is 73.4 Å². The van der Waals surface area contributed by atoms with Gasteiger partial charge in [0.05, 0.1) is 12.7 Å². The van der Waals surface area contributed by atoms with Crippen LogP contribution >= 0.6 is 11.6 Å². The van der Waals surface area contributed by atoms with Crippen molar-refractivity contribution in [3.05, 3.63) is 22.6 Å². The summed E-state index contributed by atoms with van der Waals surface area (Å²) in [5, 5.41) is 8.37. The molecule has 0 saturated carbocycles. The number of pyridine rings is 1. The summed E-state index contributed by atoms with van der Waals surface area (Å²) >= 11 is 5.50. The van der Waals surface area contributed by atoms with E-state index >= 15 is 0 Å². The molecule has 0 aliphatic carbocycles. The molecule has 1 heterocycles. The summed E-state index contributed by atoms with van der Waals surface area (Å²) in [4.78, 5) is 3.51. The molecule has 0 N–H and O–H groups in total. The van der Waals surface area contributed by atoms with E-state index in [9.17, 15) is 4.39 Å². The second-order valence-corrected chi connectivity index (χ2v) is 2.29. The van der Waals surface area contributed by atoms with Gasteiger partial charge in [0.25, 0.3) is 5.88 Å². The summed E-state index contributed by atoms with van der Waals surface area (Å²) in [7, 11) is 1.27. The number of halogens is 2. The van der Waals surface area contributed by atoms with Crippen LogP contribution in [0.15, 0.2) is 6.07 Å². The summed E-state index contributed by atoms with van der Waals surface area (Å²) in [6, 6.07) is 2.68. The number of nitriles is 1. The SMILES string of the molecule is COc1nc(Cl)c(C#N)cc1F. The van der Waals surface area contributed by atoms with Crippen molar-refractivity contribution in [1.29, 1.82) is 5.26 Å². The number of hydrogen-bond donors (Lipinski definition) is 0. The molecule has 0 aliphatic heterocycles. The Hall–Kier alpha value is -1.34. The lowest BCUT2D eigenvalue weighted by Crippen LogP contribution is -1.94. The zero-order chi connectivity index (χ0) is 9.14. The van der Waals surface area contributed by atoms with Gasteiger partial charge in [-0.3, -0.25) is 0 Å². The fourth-order valence-corrected chi connectivity index (χ4v) is 0.846. The standard InChI is InChI=1S/C7H4ClFN2O/c1-12-7-5(9)2-4(3-10)6(8)11-7/h2H,1H3. The molecule has 3 nitrogen and oxygen atoms in total. The molecular weight excluding hydrogens is 183 g/mol. The third-order valence-corrected chi connectivity index (χ3v) is 1.50. The minimum Gasteiger partial charge on any atom is -0.479 e. The zero-order valence-corrected chi connectivity index (χ0v) is 6.89. The van der Waals surface area contributed by atoms with Crippen LogP contribution in [-0.2, 0) is 0 Å². The lowest BCUT2D eigenvalue weighted by molar-refractivity contribution is 0.369. The lowest BCUT2D eigenvalue weighted by atomic mass is 10.3. The minimum absolute atomic E-state index is 0.00466. The average Bonchev–Trinajstić information content (AvgIpc) is 2.08. The molecule has 0 spiro atoms. The van der Waals surface area contributed by atoms with Gasteiger partial charge in [-0.25, -0.2) is 4.39 Å². The topological polar surface area (TPSA) is 45.9 Å². The minimum atomic E-state index is -0.696. The number of nitrogens with zero attached hydrogens (tertiary/aromatic N) is 2. The van der Waals surface area contributed by atoms with Crippen molar-refractivity contribution in [2.75, 3.05) is 7.11 Å². The molecule has 5 heteroatoms. The van der Waals surface area contributed by atoms with Crippen molar-refractivity contribution >= 4 is 11.6 Å². The Morgan fingerprint density at radius 3 is 2.92 bits per heavy atom. The molecule has 0 bridgehead atoms. The van der Waals surface area contributed by atoms with Crippen molar-refractivity contribution < 1.29 is 9.13 Å². The molecule has 0 saturated heterocycles. The highest BCUT2D eigenvalue weighted by molar-refractivity contribution is 6.30. The largest absolute Gasteiger partial charge is 0.479 e. The average molecular weight is 187 g/mol. The first-order chi connectivity index (χ1) is 5.69. The van der Waals surface area contributed by atoms with Crippen molar-refractivity contribution in [2.24, 2.45) is 0 Å². The fraction of sp³-hybridized carbons (Fsp3) is 0.143. The van der Waals surface area contributed by atoms with E-state index in [0.717, 1.165) is 6.07 Å². The van der Waals surface area contributed by atoms with E-state index < -0.39 is 5.82 Å². The normalized spacial score (nSPS) is 9.17. The van der Waals surface area contributed by atoms with Gasteiger partial charge in [0.15, 0.2) is 11.0 Å². The van der Waals surface area contributed by atoms with Crippen LogP contribution in [0.4, 0.5) is 4.39 Å². The number of aromatic nitrogens is 1. The quantitative estimate of drug-likeness (QED) is 0.628. The van der Waals surface area contributed by atoms with Crippen LogP contribution in [0, 0.1) is 17.1 Å². The van der Waals surface area contributed by atoms with E-state index in [1.165, 1.54) is 7.11 Å². The summed E-state index contributed by atoms with van der Waals surface area (Å²) in [6.07, 6.45) is 0. The Bertz CT molecular complexity index is 347. The maximum absolute atomic E-state index is 12.8. The van der Waals surface area contributed by atoms with Crippen LogP contribution in [0.5, 0.6) is 5.88 Å². The third-order valence-electron chi connectivity index (χ3n) is 1.21. The molecule has 0 aromatic carbocycles. The van der Waals surface area contributed by atoms with Crippen LogP contribution in [0.2, 0.25) is 5.15 Å². The Kier molecular flexibility index (Phi) is 2.46. The second-order valence-electron chi connectivity index (χ2n) is 1.93. The van der Waals surface area contributed by atoms with E-state index in [0.29, 0.717) is 0 Å². The van der Waals surface area contributed by atoms with Gasteiger partial charge in [0.1, 0.15) is 6.07 Å². The van der Waals surface area contributed by atoms with Gasteiger partial charge in [-0.05, 0) is 0 Å². The predicted octanol–water partition coefficient (Wildman–Crippen LogP) is 1.75. The molecule has 0 atom stereocenters. The molecule has 0 unspecified atom stereocenters. The van der Waals surface area contributed by atoms with E-state index in [1.54, 1.807) is 6.07 Å². The van der Waals surface area contributed by atoms with Gasteiger partial charge < -0.3 is 4.74 Å². The number of rotatable bonds is 1. The highest BCUT2D eigenvalue weighted by atomic mass is 35.5. The first kappa shape index (κ1) is 8.75. The summed E-state index contributed by atoms with van der Waals surface area (Å²) in [6.45, 7) is 0. The van der Waals surface area contributed by atoms with E-state index in [-0.39, 0.29) is 16.6 Å². The zero-order valence-electron chi connectivity index (χ0n) is 6.14. The Morgan fingerprint density at radius 2 is 2.42 bits per heavy atom. The summed E-state index contributed by atoms with van der Waals surface area (Å²) in [5.41, 5.74) is -0.00466. The van der Waals surface area contributed by atoms with Gasteiger partial charge in [0.2, 0.25) is 0 Å². The van der Waals surface area contributed by atoms with E-state index in [4.69, 9.17) is 16.9 Å². The van der Waals surface area contributed by atoms with Crippen molar-refractivity contribution in [1.82, 2.24) is 4.98 Å². The van der Waals surface area contributed by atoms with E-state index in [1.807, 2.05) is 0 Å². The van der Waals surface area contributed by atoms with Gasteiger partial charge in [-0.15, -0.1) is 0 Å². The third kappa shape index (κ3) is 1.46. The van der Waals surface area contributed by atoms with Crippen LogP contribution in [0.25, 0.3) is 0 Å². The van der Waals surface area contributed by atoms with Gasteiger partial charge in [0, 0.05) is 6.07 Å². The van der Waals surface area contributed by atoms with Crippen molar-refractivity contribution in [3.8, 4) is 11.9 Å². The molecule has 1 aromatic rings. The maximum atomic E-state index is 12.8. The first-order valence-corrected chi connectivity index (χ1v) is 3.37. The summed E-state index contributed by atoms with van der Waals surface area (Å²) in [5.74, 6) is -0.905. The lowest BCUT2D eigenvalue weighted by Gasteiger charge is -2.00.